The Balaban J connectivity index is 1.61. The molecular formula is C21H23N5O2. The second-order valence-electron chi connectivity index (χ2n) is 7.35. The monoisotopic (exact) mass is 377 g/mol. The van der Waals surface area contributed by atoms with Crippen molar-refractivity contribution in [2.75, 3.05) is 26.0 Å². The van der Waals surface area contributed by atoms with Gasteiger partial charge in [-0.25, -0.2) is 4.79 Å². The Labute approximate surface area is 163 Å². The van der Waals surface area contributed by atoms with E-state index in [0.717, 1.165) is 33.4 Å². The fourth-order valence-corrected chi connectivity index (χ4v) is 3.73. The third-order valence-electron chi connectivity index (χ3n) is 5.08. The molecule has 3 heterocycles. The van der Waals surface area contributed by atoms with Gasteiger partial charge in [0, 0.05) is 50.7 Å². The summed E-state index contributed by atoms with van der Waals surface area (Å²) in [4.78, 5) is 36.1. The van der Waals surface area contributed by atoms with Crippen LogP contribution in [0, 0.1) is 6.92 Å². The van der Waals surface area contributed by atoms with Gasteiger partial charge in [-0.15, -0.1) is 0 Å². The minimum absolute atomic E-state index is 0.0331. The molecule has 3 amide bonds. The van der Waals surface area contributed by atoms with E-state index in [4.69, 9.17) is 0 Å². The van der Waals surface area contributed by atoms with Gasteiger partial charge in [0.1, 0.15) is 0 Å². The number of nitrogens with one attached hydrogen (secondary N) is 2. The molecule has 0 saturated heterocycles. The van der Waals surface area contributed by atoms with Crippen molar-refractivity contribution in [1.82, 2.24) is 19.8 Å². The van der Waals surface area contributed by atoms with Crippen molar-refractivity contribution in [2.24, 2.45) is 0 Å². The lowest BCUT2D eigenvalue weighted by Gasteiger charge is -2.31. The molecule has 28 heavy (non-hydrogen) atoms. The van der Waals surface area contributed by atoms with Gasteiger partial charge in [0.05, 0.1) is 16.8 Å². The number of H-pyrrole nitrogens is 1. The Hall–Kier alpha value is -3.35. The number of aryl methyl sites for hydroxylation is 1. The molecule has 7 heteroatoms. The maximum atomic E-state index is 13.0. The molecule has 3 aromatic rings. The van der Waals surface area contributed by atoms with Crippen LogP contribution < -0.4 is 5.32 Å². The molecule has 0 radical (unpaired) electrons. The van der Waals surface area contributed by atoms with Crippen LogP contribution in [0.4, 0.5) is 10.5 Å². The molecule has 2 aromatic heterocycles. The van der Waals surface area contributed by atoms with Gasteiger partial charge in [0.25, 0.3) is 5.91 Å². The van der Waals surface area contributed by atoms with E-state index < -0.39 is 0 Å². The summed E-state index contributed by atoms with van der Waals surface area (Å²) in [5.41, 5.74) is 5.14. The van der Waals surface area contributed by atoms with Gasteiger partial charge < -0.3 is 20.1 Å². The summed E-state index contributed by atoms with van der Waals surface area (Å²) in [5.74, 6) is -0.184. The first-order valence-corrected chi connectivity index (χ1v) is 9.25. The molecule has 0 atom stereocenters. The quantitative estimate of drug-likeness (QED) is 0.720. The van der Waals surface area contributed by atoms with Crippen molar-refractivity contribution in [3.63, 3.8) is 0 Å². The molecule has 0 fully saturated rings. The summed E-state index contributed by atoms with van der Waals surface area (Å²) in [6.45, 7) is 3.04. The summed E-state index contributed by atoms with van der Waals surface area (Å²) in [7, 11) is 3.48. The number of para-hydroxylation sites is 1. The van der Waals surface area contributed by atoms with Crippen LogP contribution in [0.15, 0.2) is 36.7 Å². The maximum absolute atomic E-state index is 13.0. The minimum atomic E-state index is -0.184. The molecule has 0 unspecified atom stereocenters. The summed E-state index contributed by atoms with van der Waals surface area (Å²) < 4.78 is 0. The third-order valence-corrected chi connectivity index (χ3v) is 5.08. The minimum Gasteiger partial charge on any atom is -0.357 e. The van der Waals surface area contributed by atoms with Crippen LogP contribution >= 0.6 is 0 Å². The fourth-order valence-electron chi connectivity index (χ4n) is 3.73. The number of urea groups is 1. The Morgan fingerprint density at radius 3 is 2.86 bits per heavy atom. The molecule has 0 spiro atoms. The lowest BCUT2D eigenvalue weighted by Crippen LogP contribution is -2.42. The van der Waals surface area contributed by atoms with Crippen molar-refractivity contribution in [2.45, 2.75) is 19.9 Å². The predicted molar refractivity (Wildman–Crippen MR) is 108 cm³/mol. The number of anilines is 1. The zero-order chi connectivity index (χ0) is 19.8. The van der Waals surface area contributed by atoms with E-state index in [1.54, 1.807) is 36.3 Å². The average molecular weight is 377 g/mol. The van der Waals surface area contributed by atoms with E-state index in [1.807, 2.05) is 31.2 Å². The number of hydrogen-bond acceptors (Lipinski definition) is 3. The first-order chi connectivity index (χ1) is 13.4. The summed E-state index contributed by atoms with van der Waals surface area (Å²) >= 11 is 0. The van der Waals surface area contributed by atoms with Crippen molar-refractivity contribution in [3.05, 3.63) is 59.0 Å². The number of hydrogen-bond donors (Lipinski definition) is 2. The highest BCUT2D eigenvalue weighted by atomic mass is 16.2. The van der Waals surface area contributed by atoms with Gasteiger partial charge in [0.2, 0.25) is 0 Å². The van der Waals surface area contributed by atoms with Gasteiger partial charge in [-0.1, -0.05) is 12.1 Å². The number of carbonyl (C=O) groups excluding carboxylic acids is 2. The van der Waals surface area contributed by atoms with Gasteiger partial charge in [-0.05, 0) is 36.6 Å². The Kier molecular flexibility index (Phi) is 4.50. The number of aromatic nitrogens is 2. The van der Waals surface area contributed by atoms with Gasteiger partial charge >= 0.3 is 6.03 Å². The molecule has 0 saturated carbocycles. The molecule has 2 N–H and O–H groups in total. The van der Waals surface area contributed by atoms with Gasteiger partial charge in [-0.3, -0.25) is 9.78 Å². The number of fused-ring (bicyclic) bond motifs is 2. The molecular weight excluding hydrogens is 354 g/mol. The van der Waals surface area contributed by atoms with E-state index in [1.165, 1.54) is 0 Å². The smallest absolute Gasteiger partial charge is 0.319 e. The first-order valence-electron chi connectivity index (χ1n) is 9.25. The zero-order valence-corrected chi connectivity index (χ0v) is 16.2. The van der Waals surface area contributed by atoms with Crippen molar-refractivity contribution in [3.8, 4) is 0 Å². The van der Waals surface area contributed by atoms with Crippen LogP contribution in [0.25, 0.3) is 10.9 Å². The van der Waals surface area contributed by atoms with Crippen LogP contribution in [0.5, 0.6) is 0 Å². The van der Waals surface area contributed by atoms with Crippen molar-refractivity contribution in [1.29, 1.82) is 0 Å². The summed E-state index contributed by atoms with van der Waals surface area (Å²) in [5, 5.41) is 4.07. The van der Waals surface area contributed by atoms with E-state index in [0.29, 0.717) is 25.1 Å². The van der Waals surface area contributed by atoms with E-state index in [-0.39, 0.29) is 11.9 Å². The van der Waals surface area contributed by atoms with Crippen LogP contribution in [-0.2, 0) is 13.0 Å². The SMILES string of the molecule is Cc1cc2cccc(NC(=O)c3cncc4c3CCN(C(=O)N(C)C)C4)c2[nH]1. The molecule has 1 aromatic carbocycles. The van der Waals surface area contributed by atoms with Crippen LogP contribution in [-0.4, -0.2) is 52.3 Å². The van der Waals surface area contributed by atoms with E-state index in [9.17, 15) is 9.59 Å². The lowest BCUT2D eigenvalue weighted by molar-refractivity contribution is 0.102. The number of rotatable bonds is 2. The largest absolute Gasteiger partial charge is 0.357 e. The number of nitrogens with zero attached hydrogens (tertiary/aromatic N) is 3. The van der Waals surface area contributed by atoms with Crippen LogP contribution in [0.2, 0.25) is 0 Å². The number of pyridine rings is 1. The highest BCUT2D eigenvalue weighted by Gasteiger charge is 2.25. The molecule has 0 aliphatic carbocycles. The topological polar surface area (TPSA) is 81.3 Å². The fraction of sp³-hybridized carbons (Fsp3) is 0.286. The van der Waals surface area contributed by atoms with Crippen molar-refractivity contribution >= 4 is 28.5 Å². The predicted octanol–water partition coefficient (Wildman–Crippen LogP) is 3.16. The standard InChI is InChI=1S/C21H23N5O2/c1-13-9-14-5-4-6-18(19(14)23-13)24-20(27)17-11-22-10-15-12-26(8-7-16(15)17)21(28)25(2)3/h4-6,9-11,23H,7-8,12H2,1-3H3,(H,24,27). The number of carbonyl (C=O) groups is 2. The van der Waals surface area contributed by atoms with Crippen LogP contribution in [0.3, 0.4) is 0 Å². The van der Waals surface area contributed by atoms with E-state index in [2.05, 4.69) is 15.3 Å². The highest BCUT2D eigenvalue weighted by Crippen LogP contribution is 2.26. The second-order valence-corrected chi connectivity index (χ2v) is 7.35. The lowest BCUT2D eigenvalue weighted by atomic mass is 9.96. The summed E-state index contributed by atoms with van der Waals surface area (Å²) in [6, 6.07) is 7.84. The highest BCUT2D eigenvalue weighted by molar-refractivity contribution is 6.09. The van der Waals surface area contributed by atoms with Crippen LogP contribution in [0.1, 0.15) is 27.2 Å². The second kappa shape index (κ2) is 6.99. The molecule has 1 aliphatic heterocycles. The number of amides is 3. The van der Waals surface area contributed by atoms with Crippen molar-refractivity contribution < 1.29 is 9.59 Å². The molecule has 4 rings (SSSR count). The normalized spacial score (nSPS) is 13.3. The first kappa shape index (κ1) is 18.0. The molecule has 7 nitrogen and oxygen atoms in total. The third kappa shape index (κ3) is 3.19. The number of benzene rings is 1. The Bertz CT molecular complexity index is 1070. The van der Waals surface area contributed by atoms with E-state index >= 15 is 0 Å². The zero-order valence-electron chi connectivity index (χ0n) is 16.2. The number of aromatic amines is 1. The molecule has 0 bridgehead atoms. The Morgan fingerprint density at radius 1 is 1.25 bits per heavy atom. The molecule has 144 valence electrons. The molecule has 1 aliphatic rings. The Morgan fingerprint density at radius 2 is 2.07 bits per heavy atom. The van der Waals surface area contributed by atoms with Gasteiger partial charge in [-0.2, -0.15) is 0 Å². The summed E-state index contributed by atoms with van der Waals surface area (Å²) in [6.07, 6.45) is 3.99. The van der Waals surface area contributed by atoms with Gasteiger partial charge in [0.15, 0.2) is 0 Å². The maximum Gasteiger partial charge on any atom is 0.319 e. The average Bonchev–Trinajstić information content (AvgIpc) is 3.07.